The molecule has 46 heavy (non-hydrogen) atoms. The Balaban J connectivity index is 1.62. The molecular weight excluding hydrogens is 625 g/mol. The lowest BCUT2D eigenvalue weighted by Gasteiger charge is -2.29. The van der Waals surface area contributed by atoms with E-state index in [1.807, 2.05) is 33.8 Å². The van der Waals surface area contributed by atoms with E-state index in [2.05, 4.69) is 18.9 Å². The molecule has 12 heteroatoms. The van der Waals surface area contributed by atoms with Crippen molar-refractivity contribution in [1.29, 1.82) is 0 Å². The number of nitrogens with one attached hydrogen (secondary N) is 1. The van der Waals surface area contributed by atoms with Crippen LogP contribution in [0.1, 0.15) is 84.6 Å². The van der Waals surface area contributed by atoms with E-state index in [4.69, 9.17) is 0 Å². The number of hydrogen-bond donors (Lipinski definition) is 2. The first-order chi connectivity index (χ1) is 21.9. The van der Waals surface area contributed by atoms with Gasteiger partial charge in [-0.15, -0.1) is 0 Å². The summed E-state index contributed by atoms with van der Waals surface area (Å²) < 4.78 is 60.5. The van der Waals surface area contributed by atoms with Crippen molar-refractivity contribution in [2.24, 2.45) is 4.40 Å². The smallest absolute Gasteiger partial charge is 0.256 e. The van der Waals surface area contributed by atoms with Gasteiger partial charge in [0, 0.05) is 48.7 Å². The van der Waals surface area contributed by atoms with Crippen molar-refractivity contribution >= 4 is 48.5 Å². The van der Waals surface area contributed by atoms with Gasteiger partial charge in [-0.3, -0.25) is 9.52 Å². The van der Waals surface area contributed by atoms with E-state index in [-0.39, 0.29) is 39.4 Å². The van der Waals surface area contributed by atoms with E-state index in [0.29, 0.717) is 51.9 Å². The van der Waals surface area contributed by atoms with Crippen molar-refractivity contribution in [3.63, 3.8) is 0 Å². The first-order valence-electron chi connectivity index (χ1n) is 16.6. The molecule has 0 aliphatic heterocycles. The summed E-state index contributed by atoms with van der Waals surface area (Å²) in [5, 5.41) is 10.4. The van der Waals surface area contributed by atoms with Gasteiger partial charge < -0.3 is 14.9 Å². The molecule has 0 spiro atoms. The van der Waals surface area contributed by atoms with Crippen LogP contribution >= 0.6 is 0 Å². The molecule has 1 aromatic rings. The predicted molar refractivity (Wildman–Crippen MR) is 185 cm³/mol. The summed E-state index contributed by atoms with van der Waals surface area (Å²) in [5.41, 5.74) is 2.37. The van der Waals surface area contributed by atoms with E-state index in [1.165, 1.54) is 0 Å². The zero-order valence-electron chi connectivity index (χ0n) is 27.3. The molecule has 0 amide bonds. The zero-order chi connectivity index (χ0) is 33.2. The minimum atomic E-state index is -3.86. The van der Waals surface area contributed by atoms with Crippen LogP contribution in [0, 0.1) is 0 Å². The van der Waals surface area contributed by atoms with Gasteiger partial charge in [-0.25, -0.2) is 16.8 Å². The second-order valence-corrected chi connectivity index (χ2v) is 16.1. The molecule has 2 N–H and O–H groups in total. The highest BCUT2D eigenvalue weighted by molar-refractivity contribution is 7.93. The molecule has 0 atom stereocenters. The minimum absolute atomic E-state index is 0.0114. The number of allylic oxidation sites excluding steroid dienone is 6. The van der Waals surface area contributed by atoms with Crippen LogP contribution < -0.4 is 9.62 Å². The molecule has 4 aliphatic rings. The first-order valence-corrected chi connectivity index (χ1v) is 19.6. The van der Waals surface area contributed by atoms with Crippen molar-refractivity contribution in [3.8, 4) is 0 Å². The largest absolute Gasteiger partial charge is 0.506 e. The molecule has 0 saturated heterocycles. The molecule has 10 nitrogen and oxygen atoms in total. The van der Waals surface area contributed by atoms with Crippen LogP contribution in [0.25, 0.3) is 5.57 Å². The zero-order valence-corrected chi connectivity index (χ0v) is 28.9. The van der Waals surface area contributed by atoms with Gasteiger partial charge in [0.25, 0.3) is 10.0 Å². The standard InChI is InChI=1S/C34H46N4O6S2/c1-5-37(6-2)23-17-19-27(29(21-23)35-45(41,42)25-13-9-10-14-25)31-33(39)32(34(31)40)28-20-18-24(38(7-3)8-4)22-30(28)36-46(43,44)26-15-11-12-16-26/h17-22,25-26,35,39H,5-16H2,1-4H3/b32-28+,36-30?. The third-order valence-electron chi connectivity index (χ3n) is 9.65. The molecule has 2 fully saturated rings. The number of anilines is 2. The lowest BCUT2D eigenvalue weighted by atomic mass is 9.78. The average molecular weight is 671 g/mol. The van der Waals surface area contributed by atoms with Gasteiger partial charge in [0.15, 0.2) is 0 Å². The van der Waals surface area contributed by atoms with Crippen LogP contribution in [0.15, 0.2) is 63.4 Å². The average Bonchev–Trinajstić information content (AvgIpc) is 3.77. The Morgan fingerprint density at radius 2 is 1.41 bits per heavy atom. The van der Waals surface area contributed by atoms with Crippen molar-refractivity contribution < 1.29 is 26.7 Å². The fourth-order valence-corrected chi connectivity index (χ4v) is 10.0. The van der Waals surface area contributed by atoms with Crippen molar-refractivity contribution in [1.82, 2.24) is 4.90 Å². The number of carbonyl (C=O) groups excluding carboxylic acids is 1. The number of Topliss-reactive ketones (excluding diaryl/α,β-unsaturated/α-hetero) is 1. The van der Waals surface area contributed by atoms with E-state index in [9.17, 15) is 26.7 Å². The van der Waals surface area contributed by atoms with Crippen LogP contribution in [0.4, 0.5) is 11.4 Å². The van der Waals surface area contributed by atoms with Crippen molar-refractivity contribution in [2.45, 2.75) is 89.6 Å². The number of likely N-dealkylation sites (N-methyl/N-ethyl adjacent to an activating group) is 1. The quantitative estimate of drug-likeness (QED) is 0.264. The number of sulfonamides is 2. The van der Waals surface area contributed by atoms with Gasteiger partial charge in [-0.05, 0) is 89.8 Å². The molecular formula is C34H46N4O6S2. The summed E-state index contributed by atoms with van der Waals surface area (Å²) in [7, 11) is -7.60. The van der Waals surface area contributed by atoms with Crippen LogP contribution in [0.3, 0.4) is 0 Å². The monoisotopic (exact) mass is 670 g/mol. The third-order valence-corrected chi connectivity index (χ3v) is 13.3. The van der Waals surface area contributed by atoms with Crippen molar-refractivity contribution in [3.05, 3.63) is 64.6 Å². The number of ketones is 1. The topological polar surface area (TPSA) is 136 Å². The molecule has 0 bridgehead atoms. The van der Waals surface area contributed by atoms with Gasteiger partial charge in [-0.1, -0.05) is 25.7 Å². The maximum atomic E-state index is 13.9. The van der Waals surface area contributed by atoms with Gasteiger partial charge in [0.2, 0.25) is 15.8 Å². The Morgan fingerprint density at radius 3 is 1.98 bits per heavy atom. The van der Waals surface area contributed by atoms with Crippen LogP contribution in [0.5, 0.6) is 0 Å². The van der Waals surface area contributed by atoms with E-state index < -0.39 is 36.3 Å². The molecule has 4 aliphatic carbocycles. The molecule has 1 aromatic carbocycles. The van der Waals surface area contributed by atoms with E-state index >= 15 is 0 Å². The molecule has 0 heterocycles. The fraction of sp³-hybridized carbons (Fsp3) is 0.529. The Bertz CT molecular complexity index is 1730. The van der Waals surface area contributed by atoms with Gasteiger partial charge >= 0.3 is 0 Å². The number of carbonyl (C=O) groups is 1. The molecule has 0 aromatic heterocycles. The number of benzene rings is 1. The molecule has 5 rings (SSSR count). The Morgan fingerprint density at radius 1 is 0.826 bits per heavy atom. The maximum Gasteiger partial charge on any atom is 0.256 e. The molecule has 0 radical (unpaired) electrons. The highest BCUT2D eigenvalue weighted by Crippen LogP contribution is 2.43. The summed E-state index contributed by atoms with van der Waals surface area (Å²) in [6, 6.07) is 5.20. The molecule has 250 valence electrons. The maximum absolute atomic E-state index is 13.9. The van der Waals surface area contributed by atoms with Crippen LogP contribution in [-0.2, 0) is 24.8 Å². The number of rotatable bonds is 12. The number of hydrogen-bond acceptors (Lipinski definition) is 8. The number of aliphatic hydroxyl groups is 1. The highest BCUT2D eigenvalue weighted by atomic mass is 32.2. The van der Waals surface area contributed by atoms with Crippen molar-refractivity contribution in [2.75, 3.05) is 35.8 Å². The lowest BCUT2D eigenvalue weighted by molar-refractivity contribution is -0.111. The van der Waals surface area contributed by atoms with Gasteiger partial charge in [-0.2, -0.15) is 4.40 Å². The van der Waals surface area contributed by atoms with Crippen LogP contribution in [-0.4, -0.2) is 75.0 Å². The predicted octanol–water partition coefficient (Wildman–Crippen LogP) is 5.87. The fourth-order valence-electron chi connectivity index (χ4n) is 6.95. The summed E-state index contributed by atoms with van der Waals surface area (Å²) in [5.74, 6) is -0.813. The van der Waals surface area contributed by atoms with Crippen LogP contribution in [0.2, 0.25) is 0 Å². The number of aliphatic hydroxyl groups excluding tert-OH is 1. The van der Waals surface area contributed by atoms with Gasteiger partial charge in [0.1, 0.15) is 5.76 Å². The van der Waals surface area contributed by atoms with E-state index in [1.54, 1.807) is 30.4 Å². The Kier molecular flexibility index (Phi) is 10.2. The first kappa shape index (κ1) is 34.0. The normalized spacial score (nSPS) is 22.0. The SMILES string of the molecule is CCN(CC)C1=CC(=NS(=O)(=O)C2CCCC2)/C(=C2/C(=O)C(c3ccc(N(CC)CC)cc3NS(=O)(=O)C3CCCC3)=C2O)C=C1. The van der Waals surface area contributed by atoms with Gasteiger partial charge in [0.05, 0.1) is 33.0 Å². The third kappa shape index (κ3) is 6.56. The molecule has 2 saturated carbocycles. The summed E-state index contributed by atoms with van der Waals surface area (Å²) >= 11 is 0. The lowest BCUT2D eigenvalue weighted by Crippen LogP contribution is -2.30. The summed E-state index contributed by atoms with van der Waals surface area (Å²) in [6.45, 7) is 10.8. The number of nitrogens with zero attached hydrogens (tertiary/aromatic N) is 3. The summed E-state index contributed by atoms with van der Waals surface area (Å²) in [6.07, 6.45) is 10.7. The second kappa shape index (κ2) is 13.8. The second-order valence-electron chi connectivity index (χ2n) is 12.3. The Labute approximate surface area is 273 Å². The van der Waals surface area contributed by atoms with E-state index in [0.717, 1.165) is 37.1 Å². The Hall–Kier alpha value is -3.38. The highest BCUT2D eigenvalue weighted by Gasteiger charge is 2.41. The molecule has 0 unspecified atom stereocenters. The summed E-state index contributed by atoms with van der Waals surface area (Å²) in [4.78, 5) is 18.1. The minimum Gasteiger partial charge on any atom is -0.506 e.